The number of morpholine rings is 1. The number of rotatable bonds is 7. The third-order valence-electron chi connectivity index (χ3n) is 6.33. The molecule has 1 heterocycles. The van der Waals surface area contributed by atoms with Gasteiger partial charge in [-0.1, -0.05) is 37.5 Å². The van der Waals surface area contributed by atoms with Gasteiger partial charge in [0.15, 0.2) is 6.61 Å². The van der Waals surface area contributed by atoms with Crippen molar-refractivity contribution in [3.63, 3.8) is 0 Å². The van der Waals surface area contributed by atoms with Gasteiger partial charge in [-0.05, 0) is 31.0 Å². The van der Waals surface area contributed by atoms with E-state index >= 15 is 0 Å². The molecule has 9 nitrogen and oxygen atoms in total. The van der Waals surface area contributed by atoms with Crippen LogP contribution in [0.15, 0.2) is 48.5 Å². The maximum atomic E-state index is 13.3. The molecule has 1 amide bonds. The van der Waals surface area contributed by atoms with Crippen LogP contribution in [0.1, 0.15) is 42.5 Å². The summed E-state index contributed by atoms with van der Waals surface area (Å²) in [5.74, 6) is -1.06. The van der Waals surface area contributed by atoms with Crippen molar-refractivity contribution in [1.82, 2.24) is 0 Å². The molecular weight excluding hydrogens is 438 g/mol. The lowest BCUT2D eigenvalue weighted by molar-refractivity contribution is -0.384. The number of esters is 1. The van der Waals surface area contributed by atoms with E-state index < -0.39 is 17.5 Å². The fraction of sp³-hybridized carbons (Fsp3) is 0.440. The molecule has 2 aromatic rings. The standard InChI is InChI=1S/C25H29N3O6/c29-24(27(19-7-3-1-4-8-19)20-9-5-2-6-10-20)18-34-25(30)22-17-21(28(31)32)11-12-23(22)26-13-15-33-16-14-26/h1,3-4,7-8,11-12,17,20H,2,5-6,9-10,13-16,18H2. The number of hydrogen-bond acceptors (Lipinski definition) is 7. The highest BCUT2D eigenvalue weighted by Crippen LogP contribution is 2.29. The highest BCUT2D eigenvalue weighted by molar-refractivity contribution is 6.00. The molecular formula is C25H29N3O6. The van der Waals surface area contributed by atoms with E-state index in [9.17, 15) is 19.7 Å². The van der Waals surface area contributed by atoms with Crippen molar-refractivity contribution in [3.05, 3.63) is 64.2 Å². The Kier molecular flexibility index (Phi) is 7.74. The number of ether oxygens (including phenoxy) is 2. The second-order valence-corrected chi connectivity index (χ2v) is 8.53. The molecule has 0 atom stereocenters. The molecule has 1 saturated carbocycles. The van der Waals surface area contributed by atoms with E-state index in [-0.39, 0.29) is 23.2 Å². The molecule has 0 unspecified atom stereocenters. The molecule has 9 heteroatoms. The van der Waals surface area contributed by atoms with Crippen LogP contribution in [0.25, 0.3) is 0 Å². The topological polar surface area (TPSA) is 102 Å². The van der Waals surface area contributed by atoms with Crippen LogP contribution in [0.4, 0.5) is 17.1 Å². The number of hydrogen-bond donors (Lipinski definition) is 0. The number of nitro benzene ring substituents is 1. The van der Waals surface area contributed by atoms with E-state index in [1.165, 1.54) is 12.1 Å². The molecule has 34 heavy (non-hydrogen) atoms. The molecule has 180 valence electrons. The van der Waals surface area contributed by atoms with Gasteiger partial charge in [-0.15, -0.1) is 0 Å². The third kappa shape index (κ3) is 5.53. The lowest BCUT2D eigenvalue weighted by Crippen LogP contribution is -2.44. The minimum atomic E-state index is -0.754. The highest BCUT2D eigenvalue weighted by atomic mass is 16.6. The Bertz CT molecular complexity index is 1020. The molecule has 0 aromatic heterocycles. The van der Waals surface area contributed by atoms with E-state index in [1.54, 1.807) is 11.0 Å². The van der Waals surface area contributed by atoms with Gasteiger partial charge >= 0.3 is 5.97 Å². The summed E-state index contributed by atoms with van der Waals surface area (Å²) in [6.45, 7) is 1.67. The summed E-state index contributed by atoms with van der Waals surface area (Å²) >= 11 is 0. The number of anilines is 2. The molecule has 0 bridgehead atoms. The van der Waals surface area contributed by atoms with Crippen molar-refractivity contribution in [3.8, 4) is 0 Å². The third-order valence-corrected chi connectivity index (χ3v) is 6.33. The van der Waals surface area contributed by atoms with Crippen LogP contribution in [0.2, 0.25) is 0 Å². The second kappa shape index (κ2) is 11.1. The van der Waals surface area contributed by atoms with Crippen LogP contribution in [0, 0.1) is 10.1 Å². The first kappa shape index (κ1) is 23.7. The molecule has 1 aliphatic carbocycles. The summed E-state index contributed by atoms with van der Waals surface area (Å²) in [4.78, 5) is 40.7. The Hall–Kier alpha value is -3.46. The fourth-order valence-electron chi connectivity index (χ4n) is 4.64. The smallest absolute Gasteiger partial charge is 0.341 e. The number of nitrogens with zero attached hydrogens (tertiary/aromatic N) is 3. The number of amides is 1. The average molecular weight is 468 g/mol. The quantitative estimate of drug-likeness (QED) is 0.345. The predicted molar refractivity (Wildman–Crippen MR) is 127 cm³/mol. The van der Waals surface area contributed by atoms with Gasteiger partial charge in [-0.3, -0.25) is 14.9 Å². The predicted octanol–water partition coefficient (Wildman–Crippen LogP) is 3.95. The van der Waals surface area contributed by atoms with Crippen LogP contribution in [-0.4, -0.2) is 55.8 Å². The van der Waals surface area contributed by atoms with Gasteiger partial charge in [0.05, 0.1) is 29.4 Å². The van der Waals surface area contributed by atoms with Gasteiger partial charge in [0.25, 0.3) is 11.6 Å². The van der Waals surface area contributed by atoms with Crippen LogP contribution in [0.5, 0.6) is 0 Å². The van der Waals surface area contributed by atoms with E-state index in [1.807, 2.05) is 35.2 Å². The van der Waals surface area contributed by atoms with Crippen LogP contribution in [0.3, 0.4) is 0 Å². The van der Waals surface area contributed by atoms with Gasteiger partial charge in [0.2, 0.25) is 0 Å². The molecule has 1 saturated heterocycles. The summed E-state index contributed by atoms with van der Waals surface area (Å²) in [7, 11) is 0. The van der Waals surface area contributed by atoms with Crippen molar-refractivity contribution in [1.29, 1.82) is 0 Å². The SMILES string of the molecule is O=C(OCC(=O)N(c1ccccc1)C1CCCCC1)c1cc([N+](=O)[O-])ccc1N1CCOCC1. The first-order valence-electron chi connectivity index (χ1n) is 11.7. The number of carbonyl (C=O) groups is 2. The molecule has 0 N–H and O–H groups in total. The summed E-state index contributed by atoms with van der Waals surface area (Å²) < 4.78 is 10.8. The molecule has 2 fully saturated rings. The number of nitro groups is 1. The van der Waals surface area contributed by atoms with Crippen molar-refractivity contribution in [2.75, 3.05) is 42.7 Å². The van der Waals surface area contributed by atoms with Crippen molar-refractivity contribution in [2.24, 2.45) is 0 Å². The molecule has 2 aromatic carbocycles. The zero-order chi connectivity index (χ0) is 23.9. The minimum absolute atomic E-state index is 0.0593. The van der Waals surface area contributed by atoms with Gasteiger partial charge in [0, 0.05) is 37.0 Å². The van der Waals surface area contributed by atoms with Gasteiger partial charge in [0.1, 0.15) is 0 Å². The van der Waals surface area contributed by atoms with Crippen LogP contribution in [-0.2, 0) is 14.3 Å². The van der Waals surface area contributed by atoms with E-state index in [4.69, 9.17) is 9.47 Å². The largest absolute Gasteiger partial charge is 0.452 e. The number of benzene rings is 2. The summed E-state index contributed by atoms with van der Waals surface area (Å²) in [5.41, 5.74) is 1.19. The Labute approximate surface area is 198 Å². The number of non-ortho nitro benzene ring substituents is 1. The maximum absolute atomic E-state index is 13.3. The van der Waals surface area contributed by atoms with Crippen molar-refractivity contribution < 1.29 is 24.0 Å². The van der Waals surface area contributed by atoms with Gasteiger partial charge in [-0.2, -0.15) is 0 Å². The first-order chi connectivity index (χ1) is 16.5. The lowest BCUT2D eigenvalue weighted by Gasteiger charge is -2.34. The second-order valence-electron chi connectivity index (χ2n) is 8.53. The van der Waals surface area contributed by atoms with Gasteiger partial charge < -0.3 is 19.3 Å². The summed E-state index contributed by atoms with van der Waals surface area (Å²) in [6, 6.07) is 13.6. The van der Waals surface area contributed by atoms with Crippen LogP contribution >= 0.6 is 0 Å². The van der Waals surface area contributed by atoms with E-state index in [0.29, 0.717) is 32.0 Å². The van der Waals surface area contributed by atoms with E-state index in [0.717, 1.165) is 37.8 Å². The summed E-state index contributed by atoms with van der Waals surface area (Å²) in [6.07, 6.45) is 5.07. The molecule has 1 aliphatic heterocycles. The zero-order valence-corrected chi connectivity index (χ0v) is 19.1. The molecule has 4 rings (SSSR count). The first-order valence-corrected chi connectivity index (χ1v) is 11.7. The zero-order valence-electron chi connectivity index (χ0n) is 19.1. The Balaban J connectivity index is 1.53. The molecule has 2 aliphatic rings. The maximum Gasteiger partial charge on any atom is 0.341 e. The van der Waals surface area contributed by atoms with E-state index in [2.05, 4.69) is 0 Å². The highest BCUT2D eigenvalue weighted by Gasteiger charge is 2.29. The average Bonchev–Trinajstić information content (AvgIpc) is 2.89. The Morgan fingerprint density at radius 3 is 2.44 bits per heavy atom. The van der Waals surface area contributed by atoms with Crippen LogP contribution < -0.4 is 9.80 Å². The minimum Gasteiger partial charge on any atom is -0.452 e. The lowest BCUT2D eigenvalue weighted by atomic mass is 9.93. The molecule has 0 spiro atoms. The van der Waals surface area contributed by atoms with Crippen molar-refractivity contribution >= 4 is 28.9 Å². The Morgan fingerprint density at radius 2 is 1.76 bits per heavy atom. The number of para-hydroxylation sites is 1. The number of carbonyl (C=O) groups excluding carboxylic acids is 2. The normalized spacial score (nSPS) is 16.6. The molecule has 0 radical (unpaired) electrons. The summed E-state index contributed by atoms with van der Waals surface area (Å²) in [5, 5.41) is 11.3. The fourth-order valence-corrected chi connectivity index (χ4v) is 4.64. The van der Waals surface area contributed by atoms with Crippen molar-refractivity contribution in [2.45, 2.75) is 38.1 Å². The monoisotopic (exact) mass is 467 g/mol. The Morgan fingerprint density at radius 1 is 1.06 bits per heavy atom. The van der Waals surface area contributed by atoms with Gasteiger partial charge in [-0.25, -0.2) is 4.79 Å².